The molecule has 0 heterocycles. The third kappa shape index (κ3) is 4.80. The Bertz CT molecular complexity index is 394. The van der Waals surface area contributed by atoms with E-state index in [9.17, 15) is 4.39 Å². The van der Waals surface area contributed by atoms with E-state index >= 15 is 0 Å². The van der Waals surface area contributed by atoms with Crippen LogP contribution in [0.2, 0.25) is 0 Å². The van der Waals surface area contributed by atoms with E-state index in [1.165, 1.54) is 7.11 Å². The van der Waals surface area contributed by atoms with Gasteiger partial charge >= 0.3 is 0 Å². The molecule has 1 aromatic carbocycles. The second-order valence-corrected chi connectivity index (χ2v) is 5.23. The van der Waals surface area contributed by atoms with Crippen LogP contribution in [0.5, 0.6) is 5.75 Å². The van der Waals surface area contributed by atoms with Gasteiger partial charge < -0.3 is 14.8 Å². The quantitative estimate of drug-likeness (QED) is 0.736. The minimum absolute atomic E-state index is 0.0762. The molecule has 0 unspecified atom stereocenters. The van der Waals surface area contributed by atoms with Crippen molar-refractivity contribution in [3.05, 3.63) is 29.6 Å². The van der Waals surface area contributed by atoms with Gasteiger partial charge in [0.05, 0.1) is 13.7 Å². The van der Waals surface area contributed by atoms with Gasteiger partial charge in [-0.2, -0.15) is 0 Å². The van der Waals surface area contributed by atoms with Gasteiger partial charge in [-0.25, -0.2) is 4.39 Å². The number of ether oxygens (including phenoxy) is 2. The third-order valence-electron chi connectivity index (χ3n) is 3.34. The largest absolute Gasteiger partial charge is 0.494 e. The summed E-state index contributed by atoms with van der Waals surface area (Å²) >= 11 is 0. The first kappa shape index (κ1) is 15.9. The van der Waals surface area contributed by atoms with Crippen molar-refractivity contribution in [2.45, 2.75) is 25.7 Å². The summed E-state index contributed by atoms with van der Waals surface area (Å²) in [6.45, 7) is 6.66. The van der Waals surface area contributed by atoms with Gasteiger partial charge in [0, 0.05) is 13.7 Å². The molecule has 0 bridgehead atoms. The molecule has 0 amide bonds. The molecule has 3 nitrogen and oxygen atoms in total. The van der Waals surface area contributed by atoms with Crippen LogP contribution in [-0.2, 0) is 10.2 Å². The lowest BCUT2D eigenvalue weighted by Crippen LogP contribution is -2.27. The van der Waals surface area contributed by atoms with Gasteiger partial charge in [-0.05, 0) is 36.1 Å². The Labute approximate surface area is 115 Å². The fraction of sp³-hybridized carbons (Fsp3) is 0.600. The van der Waals surface area contributed by atoms with Crippen LogP contribution in [0.15, 0.2) is 18.2 Å². The van der Waals surface area contributed by atoms with Crippen LogP contribution in [0.1, 0.15) is 25.8 Å². The smallest absolute Gasteiger partial charge is 0.165 e. The molecule has 4 heteroatoms. The summed E-state index contributed by atoms with van der Waals surface area (Å²) < 4.78 is 23.6. The summed E-state index contributed by atoms with van der Waals surface area (Å²) in [6, 6.07) is 5.18. The van der Waals surface area contributed by atoms with Gasteiger partial charge in [-0.1, -0.05) is 19.9 Å². The summed E-state index contributed by atoms with van der Waals surface area (Å²) in [5.41, 5.74) is 0.909. The summed E-state index contributed by atoms with van der Waals surface area (Å²) in [5, 5.41) is 3.31. The minimum Gasteiger partial charge on any atom is -0.494 e. The molecule has 0 spiro atoms. The SMILES string of the molecule is COCCNCCC(C)(C)c1ccc(OC)c(F)c1. The highest BCUT2D eigenvalue weighted by atomic mass is 19.1. The Balaban J connectivity index is 2.58. The van der Waals surface area contributed by atoms with E-state index in [4.69, 9.17) is 9.47 Å². The van der Waals surface area contributed by atoms with Gasteiger partial charge in [-0.3, -0.25) is 0 Å². The van der Waals surface area contributed by atoms with Crippen LogP contribution < -0.4 is 10.1 Å². The molecule has 1 aromatic rings. The highest BCUT2D eigenvalue weighted by molar-refractivity contribution is 5.33. The molecular weight excluding hydrogens is 245 g/mol. The molecule has 0 saturated heterocycles. The Morgan fingerprint density at radius 2 is 1.95 bits per heavy atom. The fourth-order valence-electron chi connectivity index (χ4n) is 1.93. The number of hydrogen-bond acceptors (Lipinski definition) is 3. The van der Waals surface area contributed by atoms with Gasteiger partial charge in [0.15, 0.2) is 11.6 Å². The van der Waals surface area contributed by atoms with Gasteiger partial charge in [0.1, 0.15) is 0 Å². The van der Waals surface area contributed by atoms with Gasteiger partial charge in [-0.15, -0.1) is 0 Å². The highest BCUT2D eigenvalue weighted by Crippen LogP contribution is 2.29. The van der Waals surface area contributed by atoms with Crippen molar-refractivity contribution in [2.24, 2.45) is 0 Å². The minimum atomic E-state index is -0.305. The molecule has 1 rings (SSSR count). The van der Waals surface area contributed by atoms with E-state index in [-0.39, 0.29) is 17.0 Å². The van der Waals surface area contributed by atoms with E-state index in [0.29, 0.717) is 6.61 Å². The number of nitrogens with one attached hydrogen (secondary N) is 1. The molecule has 0 saturated carbocycles. The van der Waals surface area contributed by atoms with Crippen LogP contribution in [0.3, 0.4) is 0 Å². The standard InChI is InChI=1S/C15H24FNO2/c1-15(2,7-8-17-9-10-18-3)12-5-6-14(19-4)13(16)11-12/h5-6,11,17H,7-10H2,1-4H3. The van der Waals surface area contributed by atoms with Crippen molar-refractivity contribution < 1.29 is 13.9 Å². The van der Waals surface area contributed by atoms with Crippen LogP contribution in [0, 0.1) is 5.82 Å². The summed E-state index contributed by atoms with van der Waals surface area (Å²) in [4.78, 5) is 0. The topological polar surface area (TPSA) is 30.5 Å². The maximum atomic E-state index is 13.7. The molecular formula is C15H24FNO2. The molecule has 0 aliphatic rings. The van der Waals surface area contributed by atoms with Crippen LogP contribution >= 0.6 is 0 Å². The Kier molecular flexibility index (Phi) is 6.25. The zero-order chi connectivity index (χ0) is 14.3. The maximum absolute atomic E-state index is 13.7. The monoisotopic (exact) mass is 269 g/mol. The van der Waals surface area contributed by atoms with Crippen molar-refractivity contribution >= 4 is 0 Å². The zero-order valence-electron chi connectivity index (χ0n) is 12.3. The zero-order valence-corrected chi connectivity index (χ0v) is 12.3. The molecule has 1 N–H and O–H groups in total. The first-order valence-corrected chi connectivity index (χ1v) is 6.55. The van der Waals surface area contributed by atoms with E-state index < -0.39 is 0 Å². The second-order valence-electron chi connectivity index (χ2n) is 5.23. The molecule has 0 radical (unpaired) electrons. The van der Waals surface area contributed by atoms with Crippen LogP contribution in [0.25, 0.3) is 0 Å². The first-order chi connectivity index (χ1) is 9.01. The van der Waals surface area contributed by atoms with Crippen molar-refractivity contribution in [2.75, 3.05) is 33.9 Å². The van der Waals surface area contributed by atoms with E-state index in [2.05, 4.69) is 19.2 Å². The average Bonchev–Trinajstić information content (AvgIpc) is 2.38. The maximum Gasteiger partial charge on any atom is 0.165 e. The number of halogens is 1. The van der Waals surface area contributed by atoms with Crippen molar-refractivity contribution in [3.63, 3.8) is 0 Å². The summed E-state index contributed by atoms with van der Waals surface area (Å²) in [7, 11) is 3.16. The molecule has 0 atom stereocenters. The Morgan fingerprint density at radius 3 is 2.53 bits per heavy atom. The molecule has 0 fully saturated rings. The number of hydrogen-bond donors (Lipinski definition) is 1. The van der Waals surface area contributed by atoms with E-state index in [1.807, 2.05) is 6.07 Å². The Morgan fingerprint density at radius 1 is 1.21 bits per heavy atom. The number of rotatable bonds is 8. The summed E-state index contributed by atoms with van der Waals surface area (Å²) in [5.74, 6) is -0.0156. The Hall–Kier alpha value is -1.13. The summed E-state index contributed by atoms with van der Waals surface area (Å²) in [6.07, 6.45) is 0.933. The predicted molar refractivity (Wildman–Crippen MR) is 75.3 cm³/mol. The lowest BCUT2D eigenvalue weighted by Gasteiger charge is -2.26. The molecule has 108 valence electrons. The lowest BCUT2D eigenvalue weighted by molar-refractivity contribution is 0.198. The van der Waals surface area contributed by atoms with Crippen molar-refractivity contribution in [1.82, 2.24) is 5.32 Å². The first-order valence-electron chi connectivity index (χ1n) is 6.55. The molecule has 0 aliphatic heterocycles. The predicted octanol–water partition coefficient (Wildman–Crippen LogP) is 2.74. The van der Waals surface area contributed by atoms with Gasteiger partial charge in [0.2, 0.25) is 0 Å². The van der Waals surface area contributed by atoms with Crippen LogP contribution in [-0.4, -0.2) is 33.9 Å². The lowest BCUT2D eigenvalue weighted by atomic mass is 9.81. The third-order valence-corrected chi connectivity index (χ3v) is 3.34. The fourth-order valence-corrected chi connectivity index (χ4v) is 1.93. The average molecular weight is 269 g/mol. The van der Waals surface area contributed by atoms with Crippen LogP contribution in [0.4, 0.5) is 4.39 Å². The van der Waals surface area contributed by atoms with Crippen molar-refractivity contribution in [1.29, 1.82) is 0 Å². The van der Waals surface area contributed by atoms with Gasteiger partial charge in [0.25, 0.3) is 0 Å². The van der Waals surface area contributed by atoms with E-state index in [1.54, 1.807) is 19.2 Å². The second kappa shape index (κ2) is 7.46. The molecule has 19 heavy (non-hydrogen) atoms. The highest BCUT2D eigenvalue weighted by Gasteiger charge is 2.21. The van der Waals surface area contributed by atoms with Crippen molar-refractivity contribution in [3.8, 4) is 5.75 Å². The number of benzene rings is 1. The molecule has 0 aromatic heterocycles. The van der Waals surface area contributed by atoms with E-state index in [0.717, 1.165) is 25.1 Å². The normalized spacial score (nSPS) is 11.6. The molecule has 0 aliphatic carbocycles. The number of methoxy groups -OCH3 is 2.